The summed E-state index contributed by atoms with van der Waals surface area (Å²) >= 11 is 0. The highest BCUT2D eigenvalue weighted by Gasteiger charge is 1.85. The van der Waals surface area contributed by atoms with Gasteiger partial charge in [-0.3, -0.25) is 0 Å². The lowest BCUT2D eigenvalue weighted by molar-refractivity contribution is 1.01. The fraction of sp³-hybridized carbons (Fsp3) is 0.111. The average molecular weight is 146 g/mol. The Morgan fingerprint density at radius 2 is 2.27 bits per heavy atom. The fourth-order valence-corrected chi connectivity index (χ4v) is 0.768. The van der Waals surface area contributed by atoms with E-state index in [0.29, 0.717) is 0 Å². The maximum absolute atomic E-state index is 4.16. The first-order valence-corrected chi connectivity index (χ1v) is 3.35. The van der Waals surface area contributed by atoms with E-state index in [1.165, 1.54) is 0 Å². The molecule has 0 N–H and O–H groups in total. The SMILES string of the molecule is C=C/C=c1/nc(C)ncc1=C. The third-order valence-corrected chi connectivity index (χ3v) is 1.29. The van der Waals surface area contributed by atoms with Gasteiger partial charge < -0.3 is 0 Å². The van der Waals surface area contributed by atoms with Gasteiger partial charge in [-0.2, -0.15) is 0 Å². The van der Waals surface area contributed by atoms with Crippen molar-refractivity contribution in [1.29, 1.82) is 0 Å². The first kappa shape index (κ1) is 7.66. The Hall–Kier alpha value is -1.44. The van der Waals surface area contributed by atoms with Gasteiger partial charge in [0.2, 0.25) is 0 Å². The molecule has 1 rings (SSSR count). The molecule has 0 fully saturated rings. The molecule has 0 aliphatic rings. The predicted molar refractivity (Wildman–Crippen MR) is 46.2 cm³/mol. The van der Waals surface area contributed by atoms with Crippen molar-refractivity contribution in [2.24, 2.45) is 0 Å². The van der Waals surface area contributed by atoms with Crippen LogP contribution in [0.4, 0.5) is 0 Å². The summed E-state index contributed by atoms with van der Waals surface area (Å²) in [6, 6.07) is 0. The highest BCUT2D eigenvalue weighted by molar-refractivity contribution is 5.32. The molecule has 0 unspecified atom stereocenters. The highest BCUT2D eigenvalue weighted by atomic mass is 14.8. The molecule has 0 saturated carbocycles. The van der Waals surface area contributed by atoms with Crippen LogP contribution >= 0.6 is 0 Å². The Morgan fingerprint density at radius 1 is 1.55 bits per heavy atom. The lowest BCUT2D eigenvalue weighted by Gasteiger charge is -1.89. The van der Waals surface area contributed by atoms with Crippen LogP contribution in [0.1, 0.15) is 5.82 Å². The molecule has 56 valence electrons. The molecule has 0 aromatic carbocycles. The van der Waals surface area contributed by atoms with Gasteiger partial charge in [-0.25, -0.2) is 9.97 Å². The highest BCUT2D eigenvalue weighted by Crippen LogP contribution is 1.72. The van der Waals surface area contributed by atoms with Crippen LogP contribution in [0, 0.1) is 6.92 Å². The molecule has 0 radical (unpaired) electrons. The quantitative estimate of drug-likeness (QED) is 0.564. The van der Waals surface area contributed by atoms with Gasteiger partial charge in [-0.15, -0.1) is 0 Å². The van der Waals surface area contributed by atoms with Gasteiger partial charge in [0.1, 0.15) is 5.82 Å². The van der Waals surface area contributed by atoms with Crippen molar-refractivity contribution in [3.8, 4) is 0 Å². The lowest BCUT2D eigenvalue weighted by atomic mass is 10.4. The molecular formula is C9H10N2. The molecule has 11 heavy (non-hydrogen) atoms. The zero-order chi connectivity index (χ0) is 8.27. The van der Waals surface area contributed by atoms with E-state index in [0.717, 1.165) is 16.4 Å². The van der Waals surface area contributed by atoms with Gasteiger partial charge in [0, 0.05) is 11.4 Å². The van der Waals surface area contributed by atoms with Crippen molar-refractivity contribution in [2.45, 2.75) is 6.92 Å². The van der Waals surface area contributed by atoms with E-state index < -0.39 is 0 Å². The zero-order valence-corrected chi connectivity index (χ0v) is 6.54. The van der Waals surface area contributed by atoms with Crippen LogP contribution in [0.25, 0.3) is 12.7 Å². The Bertz CT molecular complexity index is 366. The Morgan fingerprint density at radius 3 is 2.91 bits per heavy atom. The molecule has 0 aliphatic carbocycles. The Kier molecular flexibility index (Phi) is 2.16. The number of allylic oxidation sites excluding steroid dienone is 1. The van der Waals surface area contributed by atoms with Gasteiger partial charge in [0.25, 0.3) is 0 Å². The second-order valence-electron chi connectivity index (χ2n) is 2.23. The summed E-state index contributed by atoms with van der Waals surface area (Å²) in [7, 11) is 0. The molecule has 0 aliphatic heterocycles. The molecule has 1 aromatic heterocycles. The van der Waals surface area contributed by atoms with Crippen LogP contribution < -0.4 is 10.6 Å². The largest absolute Gasteiger partial charge is 0.241 e. The Balaban J connectivity index is 3.47. The van der Waals surface area contributed by atoms with E-state index in [2.05, 4.69) is 23.1 Å². The summed E-state index contributed by atoms with van der Waals surface area (Å²) in [5.74, 6) is 0.755. The first-order chi connectivity index (χ1) is 5.24. The summed E-state index contributed by atoms with van der Waals surface area (Å²) < 4.78 is 0. The molecule has 0 bridgehead atoms. The minimum atomic E-state index is 0.755. The molecule has 0 amide bonds. The third kappa shape index (κ3) is 1.74. The van der Waals surface area contributed by atoms with Crippen molar-refractivity contribution in [3.05, 3.63) is 35.2 Å². The third-order valence-electron chi connectivity index (χ3n) is 1.29. The van der Waals surface area contributed by atoms with Gasteiger partial charge in [-0.05, 0) is 13.0 Å². The second-order valence-corrected chi connectivity index (χ2v) is 2.23. The summed E-state index contributed by atoms with van der Waals surface area (Å²) in [6.07, 6.45) is 5.21. The van der Waals surface area contributed by atoms with E-state index in [-0.39, 0.29) is 0 Å². The monoisotopic (exact) mass is 146 g/mol. The van der Waals surface area contributed by atoms with E-state index in [4.69, 9.17) is 0 Å². The van der Waals surface area contributed by atoms with Crippen molar-refractivity contribution in [1.82, 2.24) is 9.97 Å². The smallest absolute Gasteiger partial charge is 0.125 e. The minimum Gasteiger partial charge on any atom is -0.241 e. The molecule has 0 atom stereocenters. The molecule has 1 heterocycles. The summed E-state index contributed by atoms with van der Waals surface area (Å²) in [5.41, 5.74) is 0. The van der Waals surface area contributed by atoms with Gasteiger partial charge in [0.05, 0.1) is 5.35 Å². The Labute approximate surface area is 65.6 Å². The van der Waals surface area contributed by atoms with Gasteiger partial charge in [-0.1, -0.05) is 19.2 Å². The van der Waals surface area contributed by atoms with Gasteiger partial charge in [0.15, 0.2) is 0 Å². The van der Waals surface area contributed by atoms with Crippen LogP contribution in [-0.4, -0.2) is 9.97 Å². The van der Waals surface area contributed by atoms with Crippen LogP contribution in [0.3, 0.4) is 0 Å². The predicted octanol–water partition coefficient (Wildman–Crippen LogP) is 0.162. The second kappa shape index (κ2) is 3.10. The van der Waals surface area contributed by atoms with Crippen LogP contribution in [0.5, 0.6) is 0 Å². The zero-order valence-electron chi connectivity index (χ0n) is 6.54. The minimum absolute atomic E-state index is 0.755. The van der Waals surface area contributed by atoms with Crippen LogP contribution in [0.2, 0.25) is 0 Å². The molecule has 2 heteroatoms. The summed E-state index contributed by atoms with van der Waals surface area (Å²) in [6.45, 7) is 9.21. The molecule has 2 nitrogen and oxygen atoms in total. The van der Waals surface area contributed by atoms with Crippen LogP contribution in [-0.2, 0) is 0 Å². The van der Waals surface area contributed by atoms with Crippen molar-refractivity contribution < 1.29 is 0 Å². The number of nitrogens with zero attached hydrogens (tertiary/aromatic N) is 2. The topological polar surface area (TPSA) is 25.8 Å². The maximum atomic E-state index is 4.16. The molecule has 1 aromatic rings. The number of aryl methyl sites for hydroxylation is 1. The first-order valence-electron chi connectivity index (χ1n) is 3.35. The summed E-state index contributed by atoms with van der Waals surface area (Å²) in [5, 5.41) is 1.67. The van der Waals surface area contributed by atoms with Gasteiger partial charge >= 0.3 is 0 Å². The normalized spacial score (nSPS) is 11.5. The number of hydrogen-bond acceptors (Lipinski definition) is 2. The lowest BCUT2D eigenvalue weighted by Crippen LogP contribution is -2.28. The fourth-order valence-electron chi connectivity index (χ4n) is 0.768. The van der Waals surface area contributed by atoms with E-state index >= 15 is 0 Å². The molecule has 0 spiro atoms. The number of hydrogen-bond donors (Lipinski definition) is 0. The van der Waals surface area contributed by atoms with E-state index in [9.17, 15) is 0 Å². The number of rotatable bonds is 1. The van der Waals surface area contributed by atoms with Crippen molar-refractivity contribution in [3.63, 3.8) is 0 Å². The maximum Gasteiger partial charge on any atom is 0.125 e. The van der Waals surface area contributed by atoms with Crippen molar-refractivity contribution >= 4 is 12.7 Å². The van der Waals surface area contributed by atoms with E-state index in [1.807, 2.05) is 13.0 Å². The van der Waals surface area contributed by atoms with Crippen LogP contribution in [0.15, 0.2) is 18.9 Å². The van der Waals surface area contributed by atoms with Crippen molar-refractivity contribution in [2.75, 3.05) is 0 Å². The number of aromatic nitrogens is 2. The standard InChI is InChI=1S/C9H10N2/c1-4-5-9-7(2)6-10-8(3)11-9/h4-6H,1-2H2,3H3/b9-5+. The molecular weight excluding hydrogens is 136 g/mol. The average Bonchev–Trinajstić information content (AvgIpc) is 1.98. The molecule has 0 saturated heterocycles. The van der Waals surface area contributed by atoms with E-state index in [1.54, 1.807) is 12.3 Å². The summed E-state index contributed by atoms with van der Waals surface area (Å²) in [4.78, 5) is 8.16.